The molecule has 0 unspecified atom stereocenters. The zero-order valence-corrected chi connectivity index (χ0v) is 23.0. The fourth-order valence-corrected chi connectivity index (χ4v) is 6.39. The van der Waals surface area contributed by atoms with E-state index in [1.165, 1.54) is 67.6 Å². The van der Waals surface area contributed by atoms with Gasteiger partial charge in [-0.25, -0.2) is 0 Å². The summed E-state index contributed by atoms with van der Waals surface area (Å²) >= 11 is 1.96. The number of rotatable bonds is 18. The quantitative estimate of drug-likeness (QED) is 0.0879. The molecule has 0 N–H and O–H groups in total. The molecular formula is C29H43O3PS. The SMILES string of the molecule is CCCCCCCCCCSc1ccc(/C=C/c2ccc(CP(=O)(OCC)OCC)cc2)cc1. The van der Waals surface area contributed by atoms with Gasteiger partial charge in [0.2, 0.25) is 0 Å². The Kier molecular flexibility index (Phi) is 14.6. The van der Waals surface area contributed by atoms with Gasteiger partial charge in [0, 0.05) is 4.90 Å². The molecule has 0 heterocycles. The van der Waals surface area contributed by atoms with Gasteiger partial charge in [-0.15, -0.1) is 11.8 Å². The van der Waals surface area contributed by atoms with Gasteiger partial charge < -0.3 is 9.05 Å². The lowest BCUT2D eigenvalue weighted by Crippen LogP contribution is -1.99. The van der Waals surface area contributed by atoms with Crippen LogP contribution in [0.3, 0.4) is 0 Å². The van der Waals surface area contributed by atoms with Crippen LogP contribution in [-0.4, -0.2) is 19.0 Å². The Morgan fingerprint density at radius 1 is 0.706 bits per heavy atom. The molecule has 3 nitrogen and oxygen atoms in total. The van der Waals surface area contributed by atoms with Crippen molar-refractivity contribution in [2.24, 2.45) is 0 Å². The molecule has 0 atom stereocenters. The van der Waals surface area contributed by atoms with Gasteiger partial charge in [-0.1, -0.05) is 100 Å². The average Bonchev–Trinajstić information content (AvgIpc) is 2.83. The van der Waals surface area contributed by atoms with Crippen molar-refractivity contribution in [1.82, 2.24) is 0 Å². The van der Waals surface area contributed by atoms with Crippen LogP contribution in [0.4, 0.5) is 0 Å². The molecule has 2 aromatic rings. The van der Waals surface area contributed by atoms with Gasteiger partial charge in [0.05, 0.1) is 19.4 Å². The van der Waals surface area contributed by atoms with Gasteiger partial charge >= 0.3 is 7.60 Å². The smallest absolute Gasteiger partial charge is 0.309 e. The number of unbranched alkanes of at least 4 members (excludes halogenated alkanes) is 7. The van der Waals surface area contributed by atoms with Crippen LogP contribution >= 0.6 is 19.4 Å². The molecule has 0 spiro atoms. The molecule has 0 aliphatic rings. The van der Waals surface area contributed by atoms with Gasteiger partial charge in [-0.05, 0) is 54.8 Å². The predicted molar refractivity (Wildman–Crippen MR) is 150 cm³/mol. The minimum Gasteiger partial charge on any atom is -0.309 e. The molecule has 0 bridgehead atoms. The third-order valence-electron chi connectivity index (χ3n) is 5.62. The second kappa shape index (κ2) is 17.2. The minimum absolute atomic E-state index is 0.302. The molecule has 0 fully saturated rings. The van der Waals surface area contributed by atoms with Crippen LogP contribution in [0.5, 0.6) is 0 Å². The summed E-state index contributed by atoms with van der Waals surface area (Å²) in [5, 5.41) is 0. The summed E-state index contributed by atoms with van der Waals surface area (Å²) in [6.45, 7) is 6.71. The first kappa shape index (κ1) is 28.9. The van der Waals surface area contributed by atoms with Gasteiger partial charge in [-0.2, -0.15) is 0 Å². The van der Waals surface area contributed by atoms with Crippen molar-refractivity contribution in [1.29, 1.82) is 0 Å². The average molecular weight is 503 g/mol. The van der Waals surface area contributed by atoms with E-state index in [4.69, 9.17) is 9.05 Å². The first-order valence-corrected chi connectivity index (χ1v) is 15.7. The molecule has 188 valence electrons. The highest BCUT2D eigenvalue weighted by molar-refractivity contribution is 7.99. The summed E-state index contributed by atoms with van der Waals surface area (Å²) in [7, 11) is -3.06. The Hall–Kier alpha value is -1.32. The maximum absolute atomic E-state index is 12.7. The lowest BCUT2D eigenvalue weighted by Gasteiger charge is -2.16. The van der Waals surface area contributed by atoms with Crippen LogP contribution in [-0.2, 0) is 19.8 Å². The highest BCUT2D eigenvalue weighted by atomic mass is 32.2. The van der Waals surface area contributed by atoms with Crippen molar-refractivity contribution in [2.75, 3.05) is 19.0 Å². The lowest BCUT2D eigenvalue weighted by atomic mass is 10.1. The maximum Gasteiger partial charge on any atom is 0.335 e. The van der Waals surface area contributed by atoms with E-state index in [2.05, 4.69) is 43.3 Å². The number of hydrogen-bond acceptors (Lipinski definition) is 4. The van der Waals surface area contributed by atoms with Gasteiger partial charge in [0.15, 0.2) is 0 Å². The zero-order chi connectivity index (χ0) is 24.5. The van der Waals surface area contributed by atoms with Gasteiger partial charge in [0.25, 0.3) is 0 Å². The number of benzene rings is 2. The molecule has 0 saturated carbocycles. The molecule has 0 aliphatic heterocycles. The Morgan fingerprint density at radius 2 is 1.21 bits per heavy atom. The van der Waals surface area contributed by atoms with Gasteiger partial charge in [-0.3, -0.25) is 4.57 Å². The normalized spacial score (nSPS) is 12.0. The summed E-state index contributed by atoms with van der Waals surface area (Å²) < 4.78 is 23.5. The highest BCUT2D eigenvalue weighted by Crippen LogP contribution is 2.51. The molecule has 2 aromatic carbocycles. The Bertz CT molecular complexity index is 852. The molecule has 0 amide bonds. The fraction of sp³-hybridized carbons (Fsp3) is 0.517. The molecule has 2 rings (SSSR count). The monoisotopic (exact) mass is 502 g/mol. The topological polar surface area (TPSA) is 35.5 Å². The van der Waals surface area contributed by atoms with Crippen LogP contribution in [0.25, 0.3) is 12.2 Å². The summed E-state index contributed by atoms with van der Waals surface area (Å²) in [5.41, 5.74) is 3.26. The first-order chi connectivity index (χ1) is 16.6. The lowest BCUT2D eigenvalue weighted by molar-refractivity contribution is 0.219. The largest absolute Gasteiger partial charge is 0.335 e. The zero-order valence-electron chi connectivity index (χ0n) is 21.3. The van der Waals surface area contributed by atoms with Crippen molar-refractivity contribution < 1.29 is 13.6 Å². The van der Waals surface area contributed by atoms with Crippen LogP contribution < -0.4 is 0 Å². The van der Waals surface area contributed by atoms with Gasteiger partial charge in [0.1, 0.15) is 0 Å². The molecule has 0 radical (unpaired) electrons. The Balaban J connectivity index is 1.74. The van der Waals surface area contributed by atoms with E-state index in [0.717, 1.165) is 11.1 Å². The number of hydrogen-bond donors (Lipinski definition) is 0. The van der Waals surface area contributed by atoms with E-state index < -0.39 is 7.60 Å². The summed E-state index contributed by atoms with van der Waals surface area (Å²) in [4.78, 5) is 1.34. The highest BCUT2D eigenvalue weighted by Gasteiger charge is 2.23. The molecule has 0 aliphatic carbocycles. The van der Waals surface area contributed by atoms with Crippen LogP contribution in [0.1, 0.15) is 88.8 Å². The number of thioether (sulfide) groups is 1. The molecule has 0 aromatic heterocycles. The minimum atomic E-state index is -3.06. The first-order valence-electron chi connectivity index (χ1n) is 13.0. The second-order valence-corrected chi connectivity index (χ2v) is 11.8. The third-order valence-corrected chi connectivity index (χ3v) is 8.78. The molecular weight excluding hydrogens is 459 g/mol. The molecule has 0 saturated heterocycles. The van der Waals surface area contributed by atoms with Crippen molar-refractivity contribution in [3.05, 3.63) is 65.2 Å². The van der Waals surface area contributed by atoms with E-state index in [9.17, 15) is 4.57 Å². The fourth-order valence-electron chi connectivity index (χ4n) is 3.77. The van der Waals surface area contributed by atoms with Crippen molar-refractivity contribution in [3.63, 3.8) is 0 Å². The maximum atomic E-state index is 12.7. The summed E-state index contributed by atoms with van der Waals surface area (Å²) in [5.74, 6) is 1.20. The molecule has 5 heteroatoms. The van der Waals surface area contributed by atoms with E-state index >= 15 is 0 Å². The van der Waals surface area contributed by atoms with Crippen LogP contribution in [0.15, 0.2) is 53.4 Å². The van der Waals surface area contributed by atoms with Crippen molar-refractivity contribution >= 4 is 31.5 Å². The van der Waals surface area contributed by atoms with Crippen molar-refractivity contribution in [3.8, 4) is 0 Å². The van der Waals surface area contributed by atoms with E-state index in [1.54, 1.807) is 0 Å². The van der Waals surface area contributed by atoms with E-state index in [-0.39, 0.29) is 0 Å². The standard InChI is InChI=1S/C29H43O3PS/c1-4-7-8-9-10-11-12-13-24-34-29-22-20-27(21-23-29)15-14-26-16-18-28(19-17-26)25-33(30,31-5-2)32-6-3/h14-23H,4-13,24-25H2,1-3H3/b15-14+. The van der Waals surface area contributed by atoms with Crippen LogP contribution in [0.2, 0.25) is 0 Å². The van der Waals surface area contributed by atoms with E-state index in [0.29, 0.717) is 19.4 Å². The van der Waals surface area contributed by atoms with Crippen molar-refractivity contribution in [2.45, 2.75) is 83.2 Å². The Morgan fingerprint density at radius 3 is 1.74 bits per heavy atom. The third kappa shape index (κ3) is 11.9. The molecule has 34 heavy (non-hydrogen) atoms. The van der Waals surface area contributed by atoms with E-state index in [1.807, 2.05) is 49.9 Å². The summed E-state index contributed by atoms with van der Waals surface area (Å²) in [6, 6.07) is 16.9. The second-order valence-electron chi connectivity index (χ2n) is 8.57. The van der Waals surface area contributed by atoms with Crippen LogP contribution in [0, 0.1) is 0 Å². The summed E-state index contributed by atoms with van der Waals surface area (Å²) in [6.07, 6.45) is 15.5. The Labute approximate surface area is 212 Å². The predicted octanol–water partition coefficient (Wildman–Crippen LogP) is 9.86.